The van der Waals surface area contributed by atoms with Crippen molar-refractivity contribution in [2.24, 2.45) is 11.7 Å². The smallest absolute Gasteiger partial charge is 0.341 e. The van der Waals surface area contributed by atoms with Gasteiger partial charge in [-0.1, -0.05) is 24.6 Å². The van der Waals surface area contributed by atoms with E-state index in [9.17, 15) is 18.0 Å². The minimum absolute atomic E-state index is 0.0126. The summed E-state index contributed by atoms with van der Waals surface area (Å²) in [6.07, 6.45) is -1.23. The third kappa shape index (κ3) is 4.00. The van der Waals surface area contributed by atoms with Gasteiger partial charge in [0.05, 0.1) is 5.56 Å². The molecule has 2 rings (SSSR count). The van der Waals surface area contributed by atoms with Gasteiger partial charge in [-0.3, -0.25) is 4.79 Å². The molecule has 6 heteroatoms. The molecule has 0 saturated heterocycles. The maximum absolute atomic E-state index is 13.0. The van der Waals surface area contributed by atoms with Crippen LogP contribution >= 0.6 is 0 Å². The van der Waals surface area contributed by atoms with Crippen molar-refractivity contribution >= 4 is 5.91 Å². The highest BCUT2D eigenvalue weighted by Crippen LogP contribution is 2.32. The van der Waals surface area contributed by atoms with Crippen molar-refractivity contribution in [1.29, 1.82) is 0 Å². The molecule has 0 unspecified atom stereocenters. The SMILES string of the molecule is CN(Cc1ccccc1C(F)(F)F)C(=O)[C@@H]1CCC[C@@H](N)C1. The number of alkyl halides is 3. The van der Waals surface area contributed by atoms with E-state index in [2.05, 4.69) is 0 Å². The van der Waals surface area contributed by atoms with Crippen LogP contribution in [0.3, 0.4) is 0 Å². The van der Waals surface area contributed by atoms with E-state index in [1.807, 2.05) is 0 Å². The lowest BCUT2D eigenvalue weighted by Crippen LogP contribution is -2.38. The lowest BCUT2D eigenvalue weighted by Gasteiger charge is -2.30. The fourth-order valence-corrected chi connectivity index (χ4v) is 3.03. The van der Waals surface area contributed by atoms with Gasteiger partial charge in [-0.25, -0.2) is 0 Å². The molecule has 1 fully saturated rings. The maximum atomic E-state index is 13.0. The van der Waals surface area contributed by atoms with Crippen molar-refractivity contribution in [3.8, 4) is 0 Å². The van der Waals surface area contributed by atoms with Crippen molar-refractivity contribution in [2.45, 2.75) is 44.4 Å². The molecule has 0 aliphatic heterocycles. The van der Waals surface area contributed by atoms with E-state index in [-0.39, 0.29) is 30.0 Å². The molecule has 2 N–H and O–H groups in total. The summed E-state index contributed by atoms with van der Waals surface area (Å²) in [5, 5.41) is 0. The summed E-state index contributed by atoms with van der Waals surface area (Å²) in [4.78, 5) is 13.8. The first kappa shape index (κ1) is 16.8. The van der Waals surface area contributed by atoms with E-state index in [0.717, 1.165) is 25.3 Å². The zero-order valence-electron chi connectivity index (χ0n) is 12.6. The van der Waals surface area contributed by atoms with Gasteiger partial charge in [0.2, 0.25) is 5.91 Å². The lowest BCUT2D eigenvalue weighted by atomic mass is 9.85. The summed E-state index contributed by atoms with van der Waals surface area (Å²) < 4.78 is 39.0. The van der Waals surface area contributed by atoms with Gasteiger partial charge in [0, 0.05) is 25.6 Å². The van der Waals surface area contributed by atoms with Gasteiger partial charge in [0.15, 0.2) is 0 Å². The van der Waals surface area contributed by atoms with Gasteiger partial charge in [0.25, 0.3) is 0 Å². The molecule has 2 atom stereocenters. The molecule has 1 amide bonds. The molecule has 0 bridgehead atoms. The number of hydrogen-bond donors (Lipinski definition) is 1. The largest absolute Gasteiger partial charge is 0.416 e. The van der Waals surface area contributed by atoms with Gasteiger partial charge in [-0.05, 0) is 30.9 Å². The first-order valence-corrected chi connectivity index (χ1v) is 7.44. The maximum Gasteiger partial charge on any atom is 0.416 e. The second-order valence-electron chi connectivity index (χ2n) is 5.97. The topological polar surface area (TPSA) is 46.3 Å². The predicted molar refractivity (Wildman–Crippen MR) is 77.9 cm³/mol. The van der Waals surface area contributed by atoms with Gasteiger partial charge in [-0.2, -0.15) is 13.2 Å². The highest BCUT2D eigenvalue weighted by molar-refractivity contribution is 5.78. The van der Waals surface area contributed by atoms with Crippen LogP contribution in [0.4, 0.5) is 13.2 Å². The highest BCUT2D eigenvalue weighted by Gasteiger charge is 2.34. The number of halogens is 3. The Morgan fingerprint density at radius 1 is 1.32 bits per heavy atom. The number of nitrogens with two attached hydrogens (primary N) is 1. The van der Waals surface area contributed by atoms with Crippen LogP contribution < -0.4 is 5.73 Å². The predicted octanol–water partition coefficient (Wildman–Crippen LogP) is 3.18. The molecule has 0 heterocycles. The zero-order chi connectivity index (χ0) is 16.3. The molecule has 0 radical (unpaired) electrons. The number of hydrogen-bond acceptors (Lipinski definition) is 2. The number of carbonyl (C=O) groups excluding carboxylic acids is 1. The summed E-state index contributed by atoms with van der Waals surface area (Å²) >= 11 is 0. The van der Waals surface area contributed by atoms with Gasteiger partial charge in [-0.15, -0.1) is 0 Å². The van der Waals surface area contributed by atoms with Gasteiger partial charge >= 0.3 is 6.18 Å². The van der Waals surface area contributed by atoms with Crippen molar-refractivity contribution in [3.63, 3.8) is 0 Å². The Morgan fingerprint density at radius 3 is 2.64 bits per heavy atom. The Kier molecular flexibility index (Phi) is 5.11. The number of carbonyl (C=O) groups is 1. The van der Waals surface area contributed by atoms with Crippen molar-refractivity contribution in [1.82, 2.24) is 4.90 Å². The Balaban J connectivity index is 2.09. The molecule has 1 saturated carbocycles. The van der Waals surface area contributed by atoms with E-state index >= 15 is 0 Å². The van der Waals surface area contributed by atoms with Crippen LogP contribution in [0, 0.1) is 5.92 Å². The molecule has 1 aliphatic rings. The van der Waals surface area contributed by atoms with E-state index < -0.39 is 11.7 Å². The fourth-order valence-electron chi connectivity index (χ4n) is 3.03. The second-order valence-corrected chi connectivity index (χ2v) is 5.97. The molecule has 0 aromatic heterocycles. The highest BCUT2D eigenvalue weighted by atomic mass is 19.4. The van der Waals surface area contributed by atoms with Crippen molar-refractivity contribution in [3.05, 3.63) is 35.4 Å². The fraction of sp³-hybridized carbons (Fsp3) is 0.562. The van der Waals surface area contributed by atoms with E-state index in [1.54, 1.807) is 13.1 Å². The van der Waals surface area contributed by atoms with Crippen molar-refractivity contribution < 1.29 is 18.0 Å². The molecule has 3 nitrogen and oxygen atoms in total. The van der Waals surface area contributed by atoms with Crippen LogP contribution in [0.2, 0.25) is 0 Å². The first-order chi connectivity index (χ1) is 10.3. The van der Waals surface area contributed by atoms with E-state index in [4.69, 9.17) is 5.73 Å². The number of benzene rings is 1. The molecule has 1 aromatic rings. The number of rotatable bonds is 3. The van der Waals surface area contributed by atoms with Crippen LogP contribution in [0.5, 0.6) is 0 Å². The molecular formula is C16H21F3N2O. The quantitative estimate of drug-likeness (QED) is 0.931. The minimum atomic E-state index is -4.41. The number of amides is 1. The molecule has 22 heavy (non-hydrogen) atoms. The monoisotopic (exact) mass is 314 g/mol. The van der Waals surface area contributed by atoms with Crippen LogP contribution in [-0.2, 0) is 17.5 Å². The van der Waals surface area contributed by atoms with Crippen LogP contribution in [0.15, 0.2) is 24.3 Å². The van der Waals surface area contributed by atoms with Crippen LogP contribution in [0.25, 0.3) is 0 Å². The third-order valence-electron chi connectivity index (χ3n) is 4.17. The van der Waals surface area contributed by atoms with Crippen LogP contribution in [-0.4, -0.2) is 23.9 Å². The van der Waals surface area contributed by atoms with E-state index in [0.29, 0.717) is 6.42 Å². The summed E-state index contributed by atoms with van der Waals surface area (Å²) in [7, 11) is 1.55. The summed E-state index contributed by atoms with van der Waals surface area (Å²) in [5.74, 6) is -0.293. The molecular weight excluding hydrogens is 293 g/mol. The number of nitrogens with zero attached hydrogens (tertiary/aromatic N) is 1. The summed E-state index contributed by atoms with van der Waals surface area (Å²) in [5.41, 5.74) is 5.31. The molecule has 1 aromatic carbocycles. The normalized spacial score (nSPS) is 22.4. The second kappa shape index (κ2) is 6.69. The first-order valence-electron chi connectivity index (χ1n) is 7.44. The lowest BCUT2D eigenvalue weighted by molar-refractivity contribution is -0.140. The average molecular weight is 314 g/mol. The summed E-state index contributed by atoms with van der Waals surface area (Å²) in [6.45, 7) is -0.0414. The Hall–Kier alpha value is -1.56. The van der Waals surface area contributed by atoms with E-state index in [1.165, 1.54) is 17.0 Å². The minimum Gasteiger partial charge on any atom is -0.341 e. The Labute approximate surface area is 128 Å². The third-order valence-corrected chi connectivity index (χ3v) is 4.17. The van der Waals surface area contributed by atoms with Gasteiger partial charge in [0.1, 0.15) is 0 Å². The standard InChI is InChI=1S/C16H21F3N2O/c1-21(15(22)11-6-4-7-13(20)9-11)10-12-5-2-3-8-14(12)16(17,18)19/h2-3,5,8,11,13H,4,6-7,9-10,20H2,1H3/t11-,13-/m1/s1. The molecule has 1 aliphatic carbocycles. The van der Waals surface area contributed by atoms with Crippen molar-refractivity contribution in [2.75, 3.05) is 7.05 Å². The van der Waals surface area contributed by atoms with Gasteiger partial charge < -0.3 is 10.6 Å². The van der Waals surface area contributed by atoms with Crippen LogP contribution in [0.1, 0.15) is 36.8 Å². The Bertz CT molecular complexity index is 530. The molecule has 0 spiro atoms. The summed E-state index contributed by atoms with van der Waals surface area (Å²) in [6, 6.07) is 5.38. The average Bonchev–Trinajstić information content (AvgIpc) is 2.46. The zero-order valence-corrected chi connectivity index (χ0v) is 12.6. The molecule has 122 valence electrons. The Morgan fingerprint density at radius 2 is 2.00 bits per heavy atom.